The third-order valence-corrected chi connectivity index (χ3v) is 3.01. The molecule has 2 N–H and O–H groups in total. The van der Waals surface area contributed by atoms with Crippen molar-refractivity contribution in [2.24, 2.45) is 0 Å². The van der Waals surface area contributed by atoms with Crippen LogP contribution in [0.1, 0.15) is 16.2 Å². The van der Waals surface area contributed by atoms with Crippen LogP contribution in [0.15, 0.2) is 36.4 Å². The molecule has 1 heterocycles. The molecule has 5 nitrogen and oxygen atoms in total. The van der Waals surface area contributed by atoms with Crippen molar-refractivity contribution in [2.75, 3.05) is 31.4 Å². The third-order valence-electron chi connectivity index (χ3n) is 3.01. The van der Waals surface area contributed by atoms with Gasteiger partial charge in [0.15, 0.2) is 0 Å². The molecule has 0 unspecified atom stereocenters. The van der Waals surface area contributed by atoms with E-state index >= 15 is 0 Å². The summed E-state index contributed by atoms with van der Waals surface area (Å²) in [6, 6.07) is 11.7. The molecular formula is C15H19N3O2. The molecule has 0 amide bonds. The number of benzene rings is 1. The fourth-order valence-electron chi connectivity index (χ4n) is 1.98. The van der Waals surface area contributed by atoms with Crippen molar-refractivity contribution < 1.29 is 9.53 Å². The summed E-state index contributed by atoms with van der Waals surface area (Å²) < 4.78 is 4.67. The SMILES string of the molecule is COC(=O)c1ccc(CNc2ccccc2N(C)C)[nH]1. The quantitative estimate of drug-likeness (QED) is 0.822. The number of carbonyl (C=O) groups excluding carboxylic acids is 1. The van der Waals surface area contributed by atoms with E-state index < -0.39 is 0 Å². The largest absolute Gasteiger partial charge is 0.464 e. The summed E-state index contributed by atoms with van der Waals surface area (Å²) >= 11 is 0. The normalized spacial score (nSPS) is 10.2. The Morgan fingerprint density at radius 3 is 2.70 bits per heavy atom. The van der Waals surface area contributed by atoms with Crippen molar-refractivity contribution in [3.8, 4) is 0 Å². The van der Waals surface area contributed by atoms with Gasteiger partial charge in [-0.05, 0) is 24.3 Å². The molecule has 0 aliphatic rings. The summed E-state index contributed by atoms with van der Waals surface area (Å²) in [4.78, 5) is 16.4. The van der Waals surface area contributed by atoms with Gasteiger partial charge in [0.25, 0.3) is 0 Å². The van der Waals surface area contributed by atoms with Crippen LogP contribution in [0.5, 0.6) is 0 Å². The van der Waals surface area contributed by atoms with Crippen LogP contribution in [-0.2, 0) is 11.3 Å². The minimum absolute atomic E-state index is 0.357. The summed E-state index contributed by atoms with van der Waals surface area (Å²) in [5, 5.41) is 3.36. The monoisotopic (exact) mass is 273 g/mol. The first-order chi connectivity index (χ1) is 9.61. The van der Waals surface area contributed by atoms with Gasteiger partial charge in [-0.1, -0.05) is 12.1 Å². The zero-order chi connectivity index (χ0) is 14.5. The predicted octanol–water partition coefficient (Wildman–Crippen LogP) is 2.48. The van der Waals surface area contributed by atoms with E-state index in [-0.39, 0.29) is 5.97 Å². The highest BCUT2D eigenvalue weighted by atomic mass is 16.5. The number of para-hydroxylation sites is 2. The van der Waals surface area contributed by atoms with Crippen LogP contribution >= 0.6 is 0 Å². The van der Waals surface area contributed by atoms with Crippen molar-refractivity contribution in [2.45, 2.75) is 6.54 Å². The maximum absolute atomic E-state index is 11.4. The van der Waals surface area contributed by atoms with Crippen molar-refractivity contribution in [1.82, 2.24) is 4.98 Å². The average molecular weight is 273 g/mol. The van der Waals surface area contributed by atoms with E-state index in [0.29, 0.717) is 12.2 Å². The van der Waals surface area contributed by atoms with Gasteiger partial charge in [0.1, 0.15) is 5.69 Å². The highest BCUT2D eigenvalue weighted by molar-refractivity contribution is 5.87. The second kappa shape index (κ2) is 6.14. The molecular weight excluding hydrogens is 254 g/mol. The topological polar surface area (TPSA) is 57.4 Å². The number of hydrogen-bond donors (Lipinski definition) is 2. The van der Waals surface area contributed by atoms with E-state index in [1.807, 2.05) is 38.4 Å². The molecule has 0 radical (unpaired) electrons. The Balaban J connectivity index is 2.06. The highest BCUT2D eigenvalue weighted by Crippen LogP contribution is 2.23. The number of anilines is 2. The molecule has 0 atom stereocenters. The third kappa shape index (κ3) is 3.12. The Hall–Kier alpha value is -2.43. The smallest absolute Gasteiger partial charge is 0.354 e. The molecule has 1 aromatic heterocycles. The molecule has 0 aliphatic carbocycles. The van der Waals surface area contributed by atoms with Crippen molar-refractivity contribution >= 4 is 17.3 Å². The van der Waals surface area contributed by atoms with Crippen molar-refractivity contribution in [3.05, 3.63) is 47.8 Å². The summed E-state index contributed by atoms with van der Waals surface area (Å²) in [5.41, 5.74) is 3.56. The van der Waals surface area contributed by atoms with Crippen LogP contribution in [0.25, 0.3) is 0 Å². The number of methoxy groups -OCH3 is 1. The summed E-state index contributed by atoms with van der Waals surface area (Å²) in [6.45, 7) is 0.613. The average Bonchev–Trinajstić information content (AvgIpc) is 2.93. The van der Waals surface area contributed by atoms with E-state index in [0.717, 1.165) is 17.1 Å². The molecule has 0 fully saturated rings. The number of aromatic nitrogens is 1. The Labute approximate surface area is 118 Å². The maximum atomic E-state index is 11.4. The van der Waals surface area contributed by atoms with Gasteiger partial charge >= 0.3 is 5.97 Å². The number of rotatable bonds is 5. The lowest BCUT2D eigenvalue weighted by Gasteiger charge is -2.18. The van der Waals surface area contributed by atoms with Crippen LogP contribution in [0.2, 0.25) is 0 Å². The number of nitrogens with zero attached hydrogens (tertiary/aromatic N) is 1. The fraction of sp³-hybridized carbons (Fsp3) is 0.267. The molecule has 5 heteroatoms. The molecule has 0 spiro atoms. The van der Waals surface area contributed by atoms with Crippen molar-refractivity contribution in [3.63, 3.8) is 0 Å². The summed E-state index contributed by atoms with van der Waals surface area (Å²) in [7, 11) is 5.38. The molecule has 0 aliphatic heterocycles. The molecule has 2 rings (SSSR count). The Morgan fingerprint density at radius 2 is 2.00 bits per heavy atom. The lowest BCUT2D eigenvalue weighted by atomic mass is 10.2. The second-order valence-electron chi connectivity index (χ2n) is 4.65. The van der Waals surface area contributed by atoms with E-state index in [9.17, 15) is 4.79 Å². The standard InChI is InChI=1S/C15H19N3O2/c1-18(2)14-7-5-4-6-12(14)16-10-11-8-9-13(17-11)15(19)20-3/h4-9,16-17H,10H2,1-3H3. The number of hydrogen-bond acceptors (Lipinski definition) is 4. The minimum Gasteiger partial charge on any atom is -0.464 e. The molecule has 0 bridgehead atoms. The number of H-pyrrole nitrogens is 1. The Morgan fingerprint density at radius 1 is 1.25 bits per heavy atom. The maximum Gasteiger partial charge on any atom is 0.354 e. The number of ether oxygens (including phenoxy) is 1. The first kappa shape index (κ1) is 14.0. The van der Waals surface area contributed by atoms with Gasteiger partial charge in [-0.2, -0.15) is 0 Å². The van der Waals surface area contributed by atoms with Gasteiger partial charge in [-0.3, -0.25) is 0 Å². The predicted molar refractivity (Wildman–Crippen MR) is 80.2 cm³/mol. The van der Waals surface area contributed by atoms with Gasteiger partial charge in [0.05, 0.1) is 25.0 Å². The first-order valence-electron chi connectivity index (χ1n) is 6.38. The molecule has 2 aromatic rings. The minimum atomic E-state index is -0.357. The van der Waals surface area contributed by atoms with Crippen LogP contribution in [0.3, 0.4) is 0 Å². The van der Waals surface area contributed by atoms with E-state index in [2.05, 4.69) is 26.0 Å². The molecule has 106 valence electrons. The Kier molecular flexibility index (Phi) is 4.30. The van der Waals surface area contributed by atoms with E-state index in [1.165, 1.54) is 7.11 Å². The Bertz CT molecular complexity index is 590. The highest BCUT2D eigenvalue weighted by Gasteiger charge is 2.08. The lowest BCUT2D eigenvalue weighted by molar-refractivity contribution is 0.0594. The second-order valence-corrected chi connectivity index (χ2v) is 4.65. The molecule has 1 aromatic carbocycles. The van der Waals surface area contributed by atoms with E-state index in [4.69, 9.17) is 0 Å². The van der Waals surface area contributed by atoms with Crippen LogP contribution < -0.4 is 10.2 Å². The number of esters is 1. The zero-order valence-corrected chi connectivity index (χ0v) is 11.9. The number of aromatic amines is 1. The van der Waals surface area contributed by atoms with Gasteiger partial charge < -0.3 is 19.9 Å². The zero-order valence-electron chi connectivity index (χ0n) is 11.9. The van der Waals surface area contributed by atoms with Gasteiger partial charge in [-0.25, -0.2) is 4.79 Å². The van der Waals surface area contributed by atoms with Gasteiger partial charge in [0.2, 0.25) is 0 Å². The fourth-order valence-corrected chi connectivity index (χ4v) is 1.98. The number of carbonyl (C=O) groups is 1. The van der Waals surface area contributed by atoms with Gasteiger partial charge in [0, 0.05) is 19.8 Å². The molecule has 0 saturated heterocycles. The molecule has 0 saturated carbocycles. The first-order valence-corrected chi connectivity index (χ1v) is 6.38. The van der Waals surface area contributed by atoms with Crippen LogP contribution in [0, 0.1) is 0 Å². The van der Waals surface area contributed by atoms with E-state index in [1.54, 1.807) is 6.07 Å². The van der Waals surface area contributed by atoms with Crippen LogP contribution in [0.4, 0.5) is 11.4 Å². The lowest BCUT2D eigenvalue weighted by Crippen LogP contribution is -2.12. The summed E-state index contributed by atoms with van der Waals surface area (Å²) in [6.07, 6.45) is 0. The molecule has 20 heavy (non-hydrogen) atoms. The number of nitrogens with one attached hydrogen (secondary N) is 2. The van der Waals surface area contributed by atoms with Gasteiger partial charge in [-0.15, -0.1) is 0 Å². The van der Waals surface area contributed by atoms with Crippen molar-refractivity contribution in [1.29, 1.82) is 0 Å². The summed E-state index contributed by atoms with van der Waals surface area (Å²) in [5.74, 6) is -0.357. The van der Waals surface area contributed by atoms with Crippen LogP contribution in [-0.4, -0.2) is 32.2 Å².